The molecule has 0 radical (unpaired) electrons. The van der Waals surface area contributed by atoms with Gasteiger partial charge in [-0.25, -0.2) is 9.97 Å². The first-order valence-corrected chi connectivity index (χ1v) is 11.3. The van der Waals surface area contributed by atoms with Gasteiger partial charge in [-0.2, -0.15) is 0 Å². The fourth-order valence-electron chi connectivity index (χ4n) is 4.57. The zero-order valence-electron chi connectivity index (χ0n) is 16.9. The lowest BCUT2D eigenvalue weighted by molar-refractivity contribution is 1.05. The summed E-state index contributed by atoms with van der Waals surface area (Å²) in [4.78, 5) is 14.3. The number of thiophene rings is 1. The number of aromatic nitrogens is 4. The highest BCUT2D eigenvalue weighted by molar-refractivity contribution is 7.26. The van der Waals surface area contributed by atoms with Crippen LogP contribution in [0.15, 0.2) is 97.3 Å². The smallest absolute Gasteiger partial charge is 0.161 e. The lowest BCUT2D eigenvalue weighted by Gasteiger charge is -2.09. The molecular formula is C27H16N4S. The summed E-state index contributed by atoms with van der Waals surface area (Å²) >= 11 is 1.82. The molecule has 0 N–H and O–H groups in total. The summed E-state index contributed by atoms with van der Waals surface area (Å²) in [6.07, 6.45) is 3.70. The van der Waals surface area contributed by atoms with Crippen LogP contribution in [0.3, 0.4) is 0 Å². The topological polar surface area (TPSA) is 43.6 Å². The summed E-state index contributed by atoms with van der Waals surface area (Å²) in [6, 6.07) is 29.2. The van der Waals surface area contributed by atoms with Gasteiger partial charge in [0.25, 0.3) is 0 Å². The van der Waals surface area contributed by atoms with Crippen molar-refractivity contribution < 1.29 is 0 Å². The summed E-state index contributed by atoms with van der Waals surface area (Å²) in [5, 5.41) is 3.65. The number of hydrogen-bond acceptors (Lipinski definition) is 4. The molecule has 7 aromatic rings. The van der Waals surface area contributed by atoms with E-state index in [9.17, 15) is 0 Å². The fraction of sp³-hybridized carbons (Fsp3) is 0. The van der Waals surface area contributed by atoms with E-state index in [0.29, 0.717) is 5.82 Å². The van der Waals surface area contributed by atoms with Crippen LogP contribution >= 0.6 is 11.3 Å². The van der Waals surface area contributed by atoms with E-state index in [1.165, 1.54) is 20.2 Å². The maximum absolute atomic E-state index is 4.98. The van der Waals surface area contributed by atoms with Gasteiger partial charge in [-0.1, -0.05) is 48.5 Å². The second-order valence-corrected chi connectivity index (χ2v) is 8.83. The minimum absolute atomic E-state index is 0.712. The molecule has 4 nitrogen and oxygen atoms in total. The second kappa shape index (κ2) is 6.70. The first-order chi connectivity index (χ1) is 15.9. The Labute approximate surface area is 187 Å². The second-order valence-electron chi connectivity index (χ2n) is 7.74. The summed E-state index contributed by atoms with van der Waals surface area (Å²) < 4.78 is 4.79. The lowest BCUT2D eigenvalue weighted by Crippen LogP contribution is -2.00. The molecule has 0 spiro atoms. The van der Waals surface area contributed by atoms with Crippen molar-refractivity contribution in [2.75, 3.05) is 0 Å². The van der Waals surface area contributed by atoms with Gasteiger partial charge in [0.2, 0.25) is 0 Å². The average Bonchev–Trinajstić information content (AvgIpc) is 3.40. The van der Waals surface area contributed by atoms with Gasteiger partial charge < -0.3 is 0 Å². The Hall–Kier alpha value is -4.09. The molecule has 32 heavy (non-hydrogen) atoms. The third-order valence-electron chi connectivity index (χ3n) is 5.92. The highest BCUT2D eigenvalue weighted by Crippen LogP contribution is 2.42. The summed E-state index contributed by atoms with van der Waals surface area (Å²) in [7, 11) is 0. The summed E-state index contributed by atoms with van der Waals surface area (Å²) in [5.74, 6) is 1.55. The van der Waals surface area contributed by atoms with Crippen molar-refractivity contribution in [3.05, 3.63) is 97.3 Å². The maximum Gasteiger partial charge on any atom is 0.161 e. The fourth-order valence-corrected chi connectivity index (χ4v) is 5.67. The van der Waals surface area contributed by atoms with Gasteiger partial charge in [-0.05, 0) is 36.4 Å². The van der Waals surface area contributed by atoms with E-state index >= 15 is 0 Å². The monoisotopic (exact) mass is 428 g/mol. The van der Waals surface area contributed by atoms with Gasteiger partial charge in [-0.15, -0.1) is 11.3 Å². The molecule has 0 unspecified atom stereocenters. The van der Waals surface area contributed by atoms with Crippen LogP contribution < -0.4 is 0 Å². The molecular weight excluding hydrogens is 412 g/mol. The molecule has 150 valence electrons. The van der Waals surface area contributed by atoms with Gasteiger partial charge in [0.1, 0.15) is 5.82 Å². The van der Waals surface area contributed by atoms with E-state index in [1.807, 2.05) is 66.2 Å². The Morgan fingerprint density at radius 2 is 1.53 bits per heavy atom. The number of nitrogens with zero attached hydrogens (tertiary/aromatic N) is 4. The molecule has 0 fully saturated rings. The van der Waals surface area contributed by atoms with Crippen molar-refractivity contribution in [2.45, 2.75) is 0 Å². The maximum atomic E-state index is 4.98. The van der Waals surface area contributed by atoms with Gasteiger partial charge in [0.05, 0.1) is 16.6 Å². The Kier molecular flexibility index (Phi) is 3.68. The van der Waals surface area contributed by atoms with Crippen LogP contribution in [0.5, 0.6) is 0 Å². The summed E-state index contributed by atoms with van der Waals surface area (Å²) in [5.41, 5.74) is 4.17. The van der Waals surface area contributed by atoms with Gasteiger partial charge in [0, 0.05) is 43.5 Å². The molecule has 0 saturated heterocycles. The predicted octanol–water partition coefficient (Wildman–Crippen LogP) is 7.00. The van der Waals surface area contributed by atoms with Crippen molar-refractivity contribution in [2.24, 2.45) is 0 Å². The van der Waals surface area contributed by atoms with Crippen molar-refractivity contribution in [3.8, 4) is 17.2 Å². The standard InChI is InChI=1S/C27H16N4S/c1-2-7-17(8-3-1)27-29-16-14-23(30-27)31-20-10-6-15-28-25(20)19-12-13-22-24(26(19)31)18-9-4-5-11-21(18)32-22/h1-16H. The molecule has 4 aromatic heterocycles. The Morgan fingerprint density at radius 1 is 0.656 bits per heavy atom. The number of pyridine rings is 1. The number of benzene rings is 3. The molecule has 0 aliphatic carbocycles. The van der Waals surface area contributed by atoms with Gasteiger partial charge >= 0.3 is 0 Å². The van der Waals surface area contributed by atoms with E-state index in [-0.39, 0.29) is 0 Å². The molecule has 3 aromatic carbocycles. The van der Waals surface area contributed by atoms with Crippen LogP contribution in [0.25, 0.3) is 59.3 Å². The Morgan fingerprint density at radius 3 is 2.47 bits per heavy atom. The van der Waals surface area contributed by atoms with Crippen molar-refractivity contribution in [1.82, 2.24) is 19.5 Å². The normalized spacial score (nSPS) is 11.8. The molecule has 0 aliphatic rings. The number of hydrogen-bond donors (Lipinski definition) is 0. The Bertz CT molecular complexity index is 1780. The third kappa shape index (κ3) is 2.46. The first kappa shape index (κ1) is 17.6. The van der Waals surface area contributed by atoms with E-state index in [2.05, 4.69) is 52.0 Å². The van der Waals surface area contributed by atoms with Crippen LogP contribution in [0.1, 0.15) is 0 Å². The van der Waals surface area contributed by atoms with E-state index in [0.717, 1.165) is 33.3 Å². The molecule has 0 atom stereocenters. The quantitative estimate of drug-likeness (QED) is 0.298. The Balaban J connectivity index is 1.65. The molecule has 4 heterocycles. The summed E-state index contributed by atoms with van der Waals surface area (Å²) in [6.45, 7) is 0. The van der Waals surface area contributed by atoms with Crippen LogP contribution in [0.2, 0.25) is 0 Å². The van der Waals surface area contributed by atoms with Crippen LogP contribution in [0.4, 0.5) is 0 Å². The third-order valence-corrected chi connectivity index (χ3v) is 7.06. The average molecular weight is 429 g/mol. The first-order valence-electron chi connectivity index (χ1n) is 10.5. The molecule has 7 rings (SSSR count). The van der Waals surface area contributed by atoms with Gasteiger partial charge in [-0.3, -0.25) is 9.55 Å². The van der Waals surface area contributed by atoms with Crippen molar-refractivity contribution in [3.63, 3.8) is 0 Å². The molecule has 0 aliphatic heterocycles. The van der Waals surface area contributed by atoms with Crippen molar-refractivity contribution >= 4 is 53.4 Å². The molecule has 5 heteroatoms. The zero-order chi connectivity index (χ0) is 21.1. The zero-order valence-corrected chi connectivity index (χ0v) is 17.8. The van der Waals surface area contributed by atoms with Crippen LogP contribution in [-0.2, 0) is 0 Å². The van der Waals surface area contributed by atoms with Gasteiger partial charge in [0.15, 0.2) is 5.82 Å². The molecule has 0 bridgehead atoms. The van der Waals surface area contributed by atoms with Crippen molar-refractivity contribution in [1.29, 1.82) is 0 Å². The SMILES string of the molecule is c1ccc(-c2nccc(-n3c4cccnc4c4ccc5sc6ccccc6c5c43)n2)cc1. The van der Waals surface area contributed by atoms with E-state index < -0.39 is 0 Å². The van der Waals surface area contributed by atoms with E-state index in [4.69, 9.17) is 9.97 Å². The van der Waals surface area contributed by atoms with E-state index in [1.54, 1.807) is 0 Å². The lowest BCUT2D eigenvalue weighted by atomic mass is 10.1. The minimum Gasteiger partial charge on any atom is -0.291 e. The number of fused-ring (bicyclic) bond motifs is 7. The molecule has 0 amide bonds. The highest BCUT2D eigenvalue weighted by Gasteiger charge is 2.19. The minimum atomic E-state index is 0.712. The van der Waals surface area contributed by atoms with Crippen LogP contribution in [0, 0.1) is 0 Å². The number of rotatable bonds is 2. The predicted molar refractivity (Wildman–Crippen MR) is 132 cm³/mol. The largest absolute Gasteiger partial charge is 0.291 e. The molecule has 0 saturated carbocycles. The highest BCUT2D eigenvalue weighted by atomic mass is 32.1. The van der Waals surface area contributed by atoms with Crippen LogP contribution in [-0.4, -0.2) is 19.5 Å².